The van der Waals surface area contributed by atoms with Crippen LogP contribution in [0.2, 0.25) is 0 Å². The smallest absolute Gasteiger partial charge is 0.112 e. The largest absolute Gasteiger partial charge is 0.389 e. The van der Waals surface area contributed by atoms with E-state index in [-0.39, 0.29) is 0 Å². The normalized spacial score (nSPS) is 10.6. The van der Waals surface area contributed by atoms with Gasteiger partial charge in [0.2, 0.25) is 0 Å². The number of benzene rings is 1. The molecule has 0 spiro atoms. The Bertz CT molecular complexity index is 590. The molecular formula is C14H17N3S2. The molecule has 1 aromatic carbocycles. The van der Waals surface area contributed by atoms with Crippen LogP contribution in [0.15, 0.2) is 35.5 Å². The fraction of sp³-hybridized carbons (Fsp3) is 0.286. The van der Waals surface area contributed by atoms with E-state index in [2.05, 4.69) is 29.5 Å². The van der Waals surface area contributed by atoms with Gasteiger partial charge in [0.05, 0.1) is 5.69 Å². The number of nitrogens with zero attached hydrogens (tertiary/aromatic N) is 2. The molecule has 0 bridgehead atoms. The first-order valence-corrected chi connectivity index (χ1v) is 7.66. The predicted molar refractivity (Wildman–Crippen MR) is 85.2 cm³/mol. The zero-order valence-corrected chi connectivity index (χ0v) is 12.7. The van der Waals surface area contributed by atoms with E-state index in [1.54, 1.807) is 11.8 Å². The fourth-order valence-corrected chi connectivity index (χ4v) is 3.18. The van der Waals surface area contributed by atoms with Gasteiger partial charge in [0.15, 0.2) is 0 Å². The van der Waals surface area contributed by atoms with Crippen molar-refractivity contribution in [3.63, 3.8) is 0 Å². The minimum Gasteiger partial charge on any atom is -0.389 e. The van der Waals surface area contributed by atoms with Gasteiger partial charge in [-0.2, -0.15) is 0 Å². The molecule has 0 saturated heterocycles. The lowest BCUT2D eigenvalue weighted by atomic mass is 10.1. The van der Waals surface area contributed by atoms with Crippen molar-refractivity contribution in [3.8, 4) is 5.69 Å². The Balaban J connectivity index is 2.63. The molecule has 0 aliphatic heterocycles. The van der Waals surface area contributed by atoms with Crippen molar-refractivity contribution in [1.82, 2.24) is 9.55 Å². The maximum Gasteiger partial charge on any atom is 0.112 e. The topological polar surface area (TPSA) is 43.8 Å². The molecule has 0 saturated carbocycles. The Morgan fingerprint density at radius 1 is 1.42 bits per heavy atom. The Hall–Kier alpha value is -1.33. The van der Waals surface area contributed by atoms with Crippen molar-refractivity contribution in [2.45, 2.75) is 25.2 Å². The Morgan fingerprint density at radius 3 is 2.84 bits per heavy atom. The minimum atomic E-state index is 0.433. The van der Waals surface area contributed by atoms with E-state index in [0.717, 1.165) is 34.1 Å². The van der Waals surface area contributed by atoms with Gasteiger partial charge in [-0.25, -0.2) is 4.98 Å². The van der Waals surface area contributed by atoms with Crippen LogP contribution in [0.5, 0.6) is 0 Å². The lowest BCUT2D eigenvalue weighted by Crippen LogP contribution is -2.15. The predicted octanol–water partition coefficient (Wildman–Crippen LogP) is 3.18. The number of thioether (sulfide) groups is 1. The number of thiocarbonyl (C=S) groups is 1. The highest BCUT2D eigenvalue weighted by Crippen LogP contribution is 2.28. The summed E-state index contributed by atoms with van der Waals surface area (Å²) < 4.78 is 2.06. The van der Waals surface area contributed by atoms with Crippen molar-refractivity contribution in [1.29, 1.82) is 0 Å². The molecule has 0 fully saturated rings. The number of nitrogens with two attached hydrogens (primary N) is 1. The summed E-state index contributed by atoms with van der Waals surface area (Å²) in [6.07, 6.45) is 4.63. The third-order valence-corrected chi connectivity index (χ3v) is 3.99. The summed E-state index contributed by atoms with van der Waals surface area (Å²) in [4.78, 5) is 5.92. The molecular weight excluding hydrogens is 274 g/mol. The van der Waals surface area contributed by atoms with Gasteiger partial charge in [0, 0.05) is 29.3 Å². The molecule has 19 heavy (non-hydrogen) atoms. The van der Waals surface area contributed by atoms with E-state index in [9.17, 15) is 0 Å². The number of imidazole rings is 1. The minimum absolute atomic E-state index is 0.433. The molecule has 0 aliphatic carbocycles. The van der Waals surface area contributed by atoms with Gasteiger partial charge in [-0.15, -0.1) is 11.8 Å². The van der Waals surface area contributed by atoms with Gasteiger partial charge in [-0.1, -0.05) is 32.1 Å². The Labute approximate surface area is 123 Å². The van der Waals surface area contributed by atoms with Crippen LogP contribution in [0.3, 0.4) is 0 Å². The molecule has 0 unspecified atom stereocenters. The number of hydrogen-bond acceptors (Lipinski definition) is 3. The van der Waals surface area contributed by atoms with Crippen molar-refractivity contribution in [2.24, 2.45) is 5.73 Å². The van der Waals surface area contributed by atoms with E-state index in [4.69, 9.17) is 18.0 Å². The second-order valence-electron chi connectivity index (χ2n) is 4.01. The first-order valence-electron chi connectivity index (χ1n) is 6.27. The number of hydrogen-bond donors (Lipinski definition) is 1. The fourth-order valence-electron chi connectivity index (χ4n) is 2.06. The number of aromatic nitrogens is 2. The van der Waals surface area contributed by atoms with Gasteiger partial charge in [0.1, 0.15) is 10.8 Å². The molecule has 100 valence electrons. The first kappa shape index (κ1) is 14.1. The van der Waals surface area contributed by atoms with Gasteiger partial charge in [-0.05, 0) is 17.9 Å². The van der Waals surface area contributed by atoms with Crippen molar-refractivity contribution in [3.05, 3.63) is 42.0 Å². The molecule has 0 atom stereocenters. The summed E-state index contributed by atoms with van der Waals surface area (Å²) >= 11 is 6.99. The lowest BCUT2D eigenvalue weighted by molar-refractivity contribution is 0.887. The van der Waals surface area contributed by atoms with Crippen molar-refractivity contribution < 1.29 is 0 Å². The van der Waals surface area contributed by atoms with Gasteiger partial charge < -0.3 is 10.3 Å². The maximum atomic E-state index is 5.93. The molecule has 2 aromatic rings. The van der Waals surface area contributed by atoms with Crippen LogP contribution in [-0.4, -0.2) is 20.3 Å². The summed E-state index contributed by atoms with van der Waals surface area (Å²) in [6, 6.07) is 6.14. The monoisotopic (exact) mass is 291 g/mol. The van der Waals surface area contributed by atoms with E-state index >= 15 is 0 Å². The average molecular weight is 291 g/mol. The summed E-state index contributed by atoms with van der Waals surface area (Å²) in [6.45, 7) is 4.21. The third-order valence-electron chi connectivity index (χ3n) is 2.84. The maximum absolute atomic E-state index is 5.93. The zero-order chi connectivity index (χ0) is 13.8. The van der Waals surface area contributed by atoms with Crippen LogP contribution in [0, 0.1) is 0 Å². The molecule has 0 amide bonds. The Kier molecular flexibility index (Phi) is 4.61. The highest BCUT2D eigenvalue weighted by molar-refractivity contribution is 7.99. The lowest BCUT2D eigenvalue weighted by Gasteiger charge is -2.15. The standard InChI is InChI=1S/C14H17N3S2/c1-3-12-16-8-9-17(12)10-6-5-7-11(19-4-2)13(10)14(15)18/h5-9H,3-4H2,1-2H3,(H2,15,18). The average Bonchev–Trinajstić information content (AvgIpc) is 2.86. The summed E-state index contributed by atoms with van der Waals surface area (Å²) in [5.41, 5.74) is 7.88. The second kappa shape index (κ2) is 6.21. The van der Waals surface area contributed by atoms with Crippen LogP contribution >= 0.6 is 24.0 Å². The van der Waals surface area contributed by atoms with Crippen LogP contribution < -0.4 is 5.73 Å². The number of aryl methyl sites for hydroxylation is 1. The Morgan fingerprint density at radius 2 is 2.21 bits per heavy atom. The third kappa shape index (κ3) is 2.82. The second-order valence-corrected chi connectivity index (χ2v) is 5.76. The highest BCUT2D eigenvalue weighted by atomic mass is 32.2. The first-order chi connectivity index (χ1) is 9.19. The van der Waals surface area contributed by atoms with Crippen LogP contribution in [0.1, 0.15) is 25.2 Å². The van der Waals surface area contributed by atoms with E-state index < -0.39 is 0 Å². The molecule has 5 heteroatoms. The van der Waals surface area contributed by atoms with Gasteiger partial charge >= 0.3 is 0 Å². The van der Waals surface area contributed by atoms with Crippen LogP contribution in [-0.2, 0) is 6.42 Å². The van der Waals surface area contributed by atoms with Crippen LogP contribution in [0.4, 0.5) is 0 Å². The quantitative estimate of drug-likeness (QED) is 0.679. The van der Waals surface area contributed by atoms with Gasteiger partial charge in [0.25, 0.3) is 0 Å². The van der Waals surface area contributed by atoms with E-state index in [1.807, 2.05) is 24.5 Å². The summed E-state index contributed by atoms with van der Waals surface area (Å²) in [5, 5.41) is 0. The number of rotatable bonds is 5. The highest BCUT2D eigenvalue weighted by Gasteiger charge is 2.14. The molecule has 3 nitrogen and oxygen atoms in total. The summed E-state index contributed by atoms with van der Waals surface area (Å²) in [7, 11) is 0. The van der Waals surface area contributed by atoms with Crippen molar-refractivity contribution in [2.75, 3.05) is 5.75 Å². The molecule has 2 rings (SSSR count). The zero-order valence-electron chi connectivity index (χ0n) is 11.1. The van der Waals surface area contributed by atoms with Crippen LogP contribution in [0.25, 0.3) is 5.69 Å². The molecule has 1 heterocycles. The SMILES string of the molecule is CCSc1cccc(-n2ccnc2CC)c1C(N)=S. The molecule has 1 aromatic heterocycles. The van der Waals surface area contributed by atoms with Crippen molar-refractivity contribution >= 4 is 29.0 Å². The molecule has 0 radical (unpaired) electrons. The van der Waals surface area contributed by atoms with E-state index in [0.29, 0.717) is 4.99 Å². The summed E-state index contributed by atoms with van der Waals surface area (Å²) in [5.74, 6) is 2.00. The van der Waals surface area contributed by atoms with Gasteiger partial charge in [-0.3, -0.25) is 0 Å². The molecule has 2 N–H and O–H groups in total. The molecule has 0 aliphatic rings. The van der Waals surface area contributed by atoms with E-state index in [1.165, 1.54) is 0 Å².